The summed E-state index contributed by atoms with van der Waals surface area (Å²) in [5, 5.41) is 9.85. The molecule has 2 aliphatic carbocycles. The molecule has 8 heteroatoms. The Kier molecular flexibility index (Phi) is 6.00. The molecule has 2 aromatic rings. The molecule has 1 N–H and O–H groups in total. The molecule has 2 saturated carbocycles. The molecule has 4 rings (SSSR count). The molecular weight excluding hydrogens is 424 g/mol. The zero-order valence-corrected chi connectivity index (χ0v) is 17.8. The molecular formula is C24H26F4N2O2. The quantitative estimate of drug-likeness (QED) is 0.628. The first kappa shape index (κ1) is 22.7. The Morgan fingerprint density at radius 3 is 2.06 bits per heavy atom. The third-order valence-corrected chi connectivity index (χ3v) is 6.68. The van der Waals surface area contributed by atoms with Crippen LogP contribution in [0, 0.1) is 5.82 Å². The number of hydrogen-bond donors (Lipinski definition) is 1. The van der Waals surface area contributed by atoms with Crippen LogP contribution in [0.1, 0.15) is 73.0 Å². The minimum absolute atomic E-state index is 0.0102. The van der Waals surface area contributed by atoms with Gasteiger partial charge in [0, 0.05) is 29.8 Å². The van der Waals surface area contributed by atoms with E-state index in [1.807, 2.05) is 4.90 Å². The first-order valence-electron chi connectivity index (χ1n) is 10.9. The number of halogens is 4. The average Bonchev–Trinajstić information content (AvgIpc) is 3.59. The lowest BCUT2D eigenvalue weighted by Crippen LogP contribution is -2.44. The third kappa shape index (κ3) is 4.37. The van der Waals surface area contributed by atoms with Crippen LogP contribution in [0.25, 0.3) is 0 Å². The van der Waals surface area contributed by atoms with Crippen LogP contribution >= 0.6 is 0 Å². The van der Waals surface area contributed by atoms with Gasteiger partial charge in [0.2, 0.25) is 0 Å². The first-order valence-corrected chi connectivity index (χ1v) is 10.9. The molecule has 1 aromatic carbocycles. The van der Waals surface area contributed by atoms with E-state index >= 15 is 0 Å². The van der Waals surface area contributed by atoms with Crippen LogP contribution in [0.2, 0.25) is 0 Å². The van der Waals surface area contributed by atoms with Crippen molar-refractivity contribution in [2.45, 2.75) is 75.2 Å². The van der Waals surface area contributed by atoms with Crippen LogP contribution < -0.4 is 0 Å². The molecule has 0 bridgehead atoms. The van der Waals surface area contributed by atoms with Crippen LogP contribution in [-0.2, 0) is 5.60 Å². The van der Waals surface area contributed by atoms with E-state index in [-0.39, 0.29) is 35.3 Å². The highest BCUT2D eigenvalue weighted by Crippen LogP contribution is 2.41. The van der Waals surface area contributed by atoms with Gasteiger partial charge in [-0.25, -0.2) is 4.39 Å². The Morgan fingerprint density at radius 1 is 1.00 bits per heavy atom. The van der Waals surface area contributed by atoms with Gasteiger partial charge in [0.25, 0.3) is 5.91 Å². The van der Waals surface area contributed by atoms with Gasteiger partial charge >= 0.3 is 6.18 Å². The minimum atomic E-state index is -4.82. The van der Waals surface area contributed by atoms with Gasteiger partial charge in [-0.2, -0.15) is 13.2 Å². The molecule has 2 fully saturated rings. The lowest BCUT2D eigenvalue weighted by molar-refractivity contribution is -0.258. The van der Waals surface area contributed by atoms with Gasteiger partial charge in [-0.3, -0.25) is 9.78 Å². The number of nitrogens with zero attached hydrogens (tertiary/aromatic N) is 2. The number of aliphatic hydroxyl groups is 1. The Labute approximate surface area is 184 Å². The normalized spacial score (nSPS) is 23.4. The fourth-order valence-corrected chi connectivity index (χ4v) is 4.56. The van der Waals surface area contributed by atoms with Crippen molar-refractivity contribution < 1.29 is 27.5 Å². The second-order valence-corrected chi connectivity index (χ2v) is 8.97. The largest absolute Gasteiger partial charge is 0.421 e. The molecule has 1 amide bonds. The van der Waals surface area contributed by atoms with E-state index in [0.717, 1.165) is 50.7 Å². The fraction of sp³-hybridized carbons (Fsp3) is 0.500. The van der Waals surface area contributed by atoms with Crippen LogP contribution in [0.15, 0.2) is 42.6 Å². The van der Waals surface area contributed by atoms with Crippen molar-refractivity contribution in [1.29, 1.82) is 0 Å². The number of carbonyl (C=O) groups is 1. The summed E-state index contributed by atoms with van der Waals surface area (Å²) >= 11 is 0. The predicted molar refractivity (Wildman–Crippen MR) is 110 cm³/mol. The number of pyridine rings is 1. The van der Waals surface area contributed by atoms with Crippen LogP contribution in [0.5, 0.6) is 0 Å². The van der Waals surface area contributed by atoms with E-state index in [9.17, 15) is 27.5 Å². The molecule has 0 saturated heterocycles. The molecule has 0 aliphatic heterocycles. The van der Waals surface area contributed by atoms with Gasteiger partial charge in [0.05, 0.1) is 5.69 Å². The third-order valence-electron chi connectivity index (χ3n) is 6.68. The first-order chi connectivity index (χ1) is 15.1. The second-order valence-electron chi connectivity index (χ2n) is 8.97. The van der Waals surface area contributed by atoms with Crippen LogP contribution in [0.3, 0.4) is 0 Å². The maximum Gasteiger partial charge on any atom is 0.421 e. The Hall–Kier alpha value is -2.48. The van der Waals surface area contributed by atoms with E-state index in [1.165, 1.54) is 18.2 Å². The van der Waals surface area contributed by atoms with Gasteiger partial charge in [0.1, 0.15) is 5.82 Å². The van der Waals surface area contributed by atoms with Gasteiger partial charge in [-0.15, -0.1) is 0 Å². The summed E-state index contributed by atoms with van der Waals surface area (Å²) in [5.74, 6) is -0.494. The van der Waals surface area contributed by atoms with Crippen LogP contribution in [-0.4, -0.2) is 39.2 Å². The standard InChI is InChI=1S/C24H26F4N2O2/c1-23(32,24(26,27)28)17-8-4-16(5-9-17)22(31)30(19-12-13-19)18-10-6-15(7-11-18)21-20(25)3-2-14-29-21/h2-5,8-9,14-15,18-19,32H,6-7,10-13H2,1H3/t15-,18-,23-/m0/s1. The smallest absolute Gasteiger partial charge is 0.376 e. The number of rotatable bonds is 5. The molecule has 172 valence electrons. The number of alkyl halides is 3. The molecule has 1 aromatic heterocycles. The topological polar surface area (TPSA) is 53.4 Å². The summed E-state index contributed by atoms with van der Waals surface area (Å²) in [6, 6.07) is 8.14. The van der Waals surface area contributed by atoms with E-state index in [2.05, 4.69) is 4.98 Å². The summed E-state index contributed by atoms with van der Waals surface area (Å²) < 4.78 is 53.4. The molecule has 4 nitrogen and oxygen atoms in total. The zero-order valence-electron chi connectivity index (χ0n) is 17.8. The molecule has 32 heavy (non-hydrogen) atoms. The Balaban J connectivity index is 1.47. The zero-order chi connectivity index (χ0) is 23.1. The molecule has 1 heterocycles. The Morgan fingerprint density at radius 2 is 1.56 bits per heavy atom. The highest BCUT2D eigenvalue weighted by Gasteiger charge is 2.51. The molecule has 0 spiro atoms. The number of benzene rings is 1. The van der Waals surface area contributed by atoms with E-state index in [4.69, 9.17) is 0 Å². The van der Waals surface area contributed by atoms with Crippen LogP contribution in [0.4, 0.5) is 17.6 Å². The van der Waals surface area contributed by atoms with Gasteiger partial charge in [-0.05, 0) is 75.3 Å². The summed E-state index contributed by atoms with van der Waals surface area (Å²) in [5.41, 5.74) is -2.51. The monoisotopic (exact) mass is 450 g/mol. The fourth-order valence-electron chi connectivity index (χ4n) is 4.56. The summed E-state index contributed by atoms with van der Waals surface area (Å²) in [4.78, 5) is 19.3. The lowest BCUT2D eigenvalue weighted by Gasteiger charge is -2.37. The van der Waals surface area contributed by atoms with Crippen molar-refractivity contribution >= 4 is 5.91 Å². The number of aromatic nitrogens is 1. The van der Waals surface area contributed by atoms with Gasteiger partial charge in [-0.1, -0.05) is 12.1 Å². The number of carbonyl (C=O) groups excluding carboxylic acids is 1. The summed E-state index contributed by atoms with van der Waals surface area (Å²) in [6.07, 6.45) is 1.48. The van der Waals surface area contributed by atoms with Crippen molar-refractivity contribution in [3.05, 3.63) is 65.2 Å². The minimum Gasteiger partial charge on any atom is -0.376 e. The van der Waals surface area contributed by atoms with Crippen molar-refractivity contribution in [3.8, 4) is 0 Å². The van der Waals surface area contributed by atoms with Crippen molar-refractivity contribution in [2.24, 2.45) is 0 Å². The lowest BCUT2D eigenvalue weighted by atomic mass is 9.82. The second kappa shape index (κ2) is 8.46. The van der Waals surface area contributed by atoms with E-state index < -0.39 is 11.8 Å². The molecule has 0 unspecified atom stereocenters. The molecule has 2 aliphatic rings. The Bertz CT molecular complexity index is 963. The molecule has 1 atom stereocenters. The van der Waals surface area contributed by atoms with E-state index in [1.54, 1.807) is 12.3 Å². The van der Waals surface area contributed by atoms with Crippen molar-refractivity contribution in [3.63, 3.8) is 0 Å². The van der Waals surface area contributed by atoms with Gasteiger partial charge < -0.3 is 10.0 Å². The van der Waals surface area contributed by atoms with Crippen molar-refractivity contribution in [1.82, 2.24) is 9.88 Å². The number of hydrogen-bond acceptors (Lipinski definition) is 3. The SMILES string of the molecule is C[C@](O)(c1ccc(C(=O)N(C2CC2)[C@H]2CC[C@H](c3ncccc3F)CC2)cc1)C(F)(F)F. The summed E-state index contributed by atoms with van der Waals surface area (Å²) in [7, 11) is 0. The molecule has 0 radical (unpaired) electrons. The van der Waals surface area contributed by atoms with Gasteiger partial charge in [0.15, 0.2) is 5.60 Å². The van der Waals surface area contributed by atoms with Crippen molar-refractivity contribution in [2.75, 3.05) is 0 Å². The predicted octanol–water partition coefficient (Wildman–Crippen LogP) is 5.32. The van der Waals surface area contributed by atoms with E-state index in [0.29, 0.717) is 18.2 Å². The maximum absolute atomic E-state index is 14.1. The highest BCUT2D eigenvalue weighted by molar-refractivity contribution is 5.95. The summed E-state index contributed by atoms with van der Waals surface area (Å²) in [6.45, 7) is 0.698. The maximum atomic E-state index is 14.1. The number of amides is 1. The highest BCUT2D eigenvalue weighted by atomic mass is 19.4. The average molecular weight is 450 g/mol.